The standard InChI is InChI=1S/2C36H45FN6O.2C2HF3O2/c2*1-28-25-42(15-14-39-28)27-30-7-5-9-32(21-30)34-23-29(11-12-35(34)37)24-40-36(44)33-10-6-8-31(22-33)26-41-16-19-43(2,20-17-41)18-4-3-13-38;2*3-2(4,5)1(6)7/h2*5-12,21-23,28,39H,3-4,14-20,24-27H2,1-2H3;2*(H,6,7)/t2*28-;;/m00../s1. The number of aliphatic carboxylic acids is 2. The number of hydrogen-bond donors (Lipinski definition) is 4. The molecular weight excluding hydrogens is 1330 g/mol. The summed E-state index contributed by atoms with van der Waals surface area (Å²) in [6, 6.07) is 47.6. The molecule has 0 aromatic heterocycles. The van der Waals surface area contributed by atoms with E-state index in [1.807, 2.05) is 72.8 Å². The van der Waals surface area contributed by atoms with Gasteiger partial charge in [-0.2, -0.15) is 36.9 Å². The van der Waals surface area contributed by atoms with E-state index in [2.05, 4.69) is 117 Å². The van der Waals surface area contributed by atoms with Crippen molar-refractivity contribution >= 4 is 23.8 Å². The highest BCUT2D eigenvalue weighted by molar-refractivity contribution is 5.95. The highest BCUT2D eigenvalue weighted by Gasteiger charge is 2.32. The fourth-order valence-electron chi connectivity index (χ4n) is 12.8. The Morgan fingerprint density at radius 3 is 1.16 bits per heavy atom. The fraction of sp³-hybridized carbons (Fsp3) is 0.447. The second-order valence-electron chi connectivity index (χ2n) is 27.2. The van der Waals surface area contributed by atoms with E-state index in [4.69, 9.17) is 30.3 Å². The molecule has 0 bridgehead atoms. The summed E-state index contributed by atoms with van der Waals surface area (Å²) in [5.41, 5.74) is 10.4. The molecular formula is C76H92F8N12O6. The molecule has 10 rings (SSSR count). The number of carboxylic acid groups (broad SMARTS) is 2. The Balaban J connectivity index is 0.000000241. The first-order valence-corrected chi connectivity index (χ1v) is 34.3. The monoisotopic (exact) mass is 1420 g/mol. The number of nitriles is 2. The zero-order chi connectivity index (χ0) is 74.0. The van der Waals surface area contributed by atoms with Gasteiger partial charge in [-0.05, 0) is 119 Å². The van der Waals surface area contributed by atoms with Crippen LogP contribution in [0.5, 0.6) is 0 Å². The molecule has 0 aliphatic carbocycles. The second kappa shape index (κ2) is 38.5. The summed E-state index contributed by atoms with van der Waals surface area (Å²) in [5.74, 6) is -6.81. The van der Waals surface area contributed by atoms with Crippen molar-refractivity contribution in [2.75, 3.05) is 119 Å². The number of rotatable bonds is 22. The molecule has 26 heteroatoms. The molecule has 4 aliphatic rings. The summed E-state index contributed by atoms with van der Waals surface area (Å²) in [6.07, 6.45) is -7.24. The largest absolute Gasteiger partial charge is 0.542 e. The molecule has 6 aromatic carbocycles. The minimum atomic E-state index is -5.19. The van der Waals surface area contributed by atoms with Crippen LogP contribution in [0.15, 0.2) is 133 Å². The average Bonchev–Trinajstić information content (AvgIpc) is 0.829. The van der Waals surface area contributed by atoms with Gasteiger partial charge in [-0.25, -0.2) is 8.78 Å². The normalized spacial score (nSPS) is 17.9. The topological polar surface area (TPSA) is 223 Å². The van der Waals surface area contributed by atoms with E-state index < -0.39 is 24.3 Å². The summed E-state index contributed by atoms with van der Waals surface area (Å²) in [4.78, 5) is 53.6. The number of quaternary nitrogens is 2. The van der Waals surface area contributed by atoms with Crippen LogP contribution in [0.3, 0.4) is 0 Å². The molecule has 2 atom stereocenters. The number of piperazine rings is 4. The molecule has 4 saturated heterocycles. The van der Waals surface area contributed by atoms with Crippen molar-refractivity contribution in [2.24, 2.45) is 0 Å². The zero-order valence-corrected chi connectivity index (χ0v) is 58.3. The van der Waals surface area contributed by atoms with Gasteiger partial charge in [0.15, 0.2) is 0 Å². The van der Waals surface area contributed by atoms with Gasteiger partial charge in [-0.1, -0.05) is 72.8 Å². The minimum Gasteiger partial charge on any atom is -0.542 e. The summed E-state index contributed by atoms with van der Waals surface area (Å²) in [7, 11) is 4.57. The predicted molar refractivity (Wildman–Crippen MR) is 368 cm³/mol. The van der Waals surface area contributed by atoms with Gasteiger partial charge in [0.05, 0.1) is 65.5 Å². The number of likely N-dealkylation sites (N-methyl/N-ethyl adjacent to an activating group) is 2. The third-order valence-corrected chi connectivity index (χ3v) is 18.6. The second-order valence-corrected chi connectivity index (χ2v) is 27.2. The molecule has 4 heterocycles. The van der Waals surface area contributed by atoms with Crippen LogP contribution in [-0.4, -0.2) is 196 Å². The van der Waals surface area contributed by atoms with Gasteiger partial charge in [0, 0.05) is 165 Å². The first-order chi connectivity index (χ1) is 48.5. The van der Waals surface area contributed by atoms with Gasteiger partial charge in [-0.3, -0.25) is 29.2 Å². The van der Waals surface area contributed by atoms with Gasteiger partial charge in [-0.15, -0.1) is 0 Å². The summed E-state index contributed by atoms with van der Waals surface area (Å²) < 4.78 is 95.1. The number of hydrogen-bond acceptors (Lipinski definition) is 14. The smallest absolute Gasteiger partial charge is 0.430 e. The number of nitrogens with one attached hydrogen (secondary N) is 4. The quantitative estimate of drug-likeness (QED) is 0.0286. The third kappa shape index (κ3) is 26.6. The molecule has 102 heavy (non-hydrogen) atoms. The van der Waals surface area contributed by atoms with Crippen LogP contribution >= 0.6 is 0 Å². The number of alkyl halides is 6. The number of benzene rings is 6. The van der Waals surface area contributed by atoms with Crippen LogP contribution in [0, 0.1) is 34.3 Å². The number of carbonyl (C=O) groups is 4. The highest BCUT2D eigenvalue weighted by atomic mass is 19.4. The molecule has 0 unspecified atom stereocenters. The lowest BCUT2D eigenvalue weighted by atomic mass is 10.00. The lowest BCUT2D eigenvalue weighted by Gasteiger charge is -2.42. The van der Waals surface area contributed by atoms with Gasteiger partial charge in [0.1, 0.15) is 23.6 Å². The van der Waals surface area contributed by atoms with Crippen LogP contribution in [-0.2, 0) is 48.9 Å². The molecule has 0 saturated carbocycles. The Kier molecular flexibility index (Phi) is 30.5. The number of nitrogens with zero attached hydrogens (tertiary/aromatic N) is 8. The van der Waals surface area contributed by atoms with Gasteiger partial charge < -0.3 is 50.0 Å². The van der Waals surface area contributed by atoms with Crippen LogP contribution in [0.4, 0.5) is 35.1 Å². The Labute approximate surface area is 592 Å². The summed E-state index contributed by atoms with van der Waals surface area (Å²) in [6.45, 7) is 24.7. The van der Waals surface area contributed by atoms with E-state index in [0.29, 0.717) is 60.3 Å². The lowest BCUT2D eigenvalue weighted by Crippen LogP contribution is -2.57. The van der Waals surface area contributed by atoms with E-state index in [0.717, 1.165) is 186 Å². The molecule has 548 valence electrons. The number of halogens is 8. The lowest BCUT2D eigenvalue weighted by molar-refractivity contribution is -0.913. The predicted octanol–water partition coefficient (Wildman–Crippen LogP) is 8.16. The van der Waals surface area contributed by atoms with Crippen molar-refractivity contribution in [3.8, 4) is 34.4 Å². The van der Waals surface area contributed by atoms with Gasteiger partial charge >= 0.3 is 12.4 Å². The molecule has 4 fully saturated rings. The van der Waals surface area contributed by atoms with Crippen molar-refractivity contribution in [3.05, 3.63) is 190 Å². The number of unbranched alkanes of at least 4 members (excludes halogenated alkanes) is 2. The Morgan fingerprint density at radius 2 is 0.824 bits per heavy atom. The molecule has 4 aliphatic heterocycles. The van der Waals surface area contributed by atoms with E-state index in [-0.39, 0.29) is 23.4 Å². The first kappa shape index (κ1) is 80.6. The zero-order valence-electron chi connectivity index (χ0n) is 58.3. The SMILES string of the molecule is C[C@H]1CN(Cc2cccc(-c3cc(CNC(=O)c4cccc(CN5CC[N+](C)(CCCC#N)CC5)c4)ccc3F)c2)CCN1.C[C@H]1CN(Cc2cccc(-c3cc(CNC(=O)c4cccc(CN5CC[N+](C)(CCCC#N)CC5)c4)ccc3F)c2)CCN1.O=C([O-])C(F)(F)F.O=C([O-])C(F)(F)F. The molecule has 6 aromatic rings. The molecule has 0 spiro atoms. The first-order valence-electron chi connectivity index (χ1n) is 34.3. The van der Waals surface area contributed by atoms with E-state index in [9.17, 15) is 44.7 Å². The van der Waals surface area contributed by atoms with Crippen molar-refractivity contribution in [1.29, 1.82) is 10.5 Å². The minimum absolute atomic E-state index is 0.134. The maximum atomic E-state index is 15.0. The maximum absolute atomic E-state index is 15.0. The highest BCUT2D eigenvalue weighted by Crippen LogP contribution is 2.29. The Hall–Kier alpha value is -8.70. The summed E-state index contributed by atoms with van der Waals surface area (Å²) in [5, 5.41) is 48.3. The van der Waals surface area contributed by atoms with Crippen molar-refractivity contribution in [3.63, 3.8) is 0 Å². The van der Waals surface area contributed by atoms with Crippen molar-refractivity contribution < 1.29 is 73.5 Å². The Bertz CT molecular complexity index is 3580. The molecule has 4 N–H and O–H groups in total. The molecule has 0 radical (unpaired) electrons. The van der Waals surface area contributed by atoms with E-state index in [1.54, 1.807) is 12.1 Å². The van der Waals surface area contributed by atoms with Crippen LogP contribution < -0.4 is 31.5 Å². The Morgan fingerprint density at radius 1 is 0.490 bits per heavy atom. The number of carboxylic acids is 2. The average molecular weight is 1420 g/mol. The van der Waals surface area contributed by atoms with Gasteiger partial charge in [0.2, 0.25) is 0 Å². The van der Waals surface area contributed by atoms with Gasteiger partial charge in [0.25, 0.3) is 11.8 Å². The van der Waals surface area contributed by atoms with Crippen molar-refractivity contribution in [1.82, 2.24) is 40.9 Å². The van der Waals surface area contributed by atoms with E-state index in [1.165, 1.54) is 23.3 Å². The molecule has 18 nitrogen and oxygen atoms in total. The van der Waals surface area contributed by atoms with Crippen LogP contribution in [0.1, 0.15) is 93.6 Å². The third-order valence-electron chi connectivity index (χ3n) is 18.6. The van der Waals surface area contributed by atoms with E-state index >= 15 is 0 Å². The maximum Gasteiger partial charge on any atom is 0.430 e. The molecule has 2 amide bonds. The fourth-order valence-corrected chi connectivity index (χ4v) is 12.8. The van der Waals surface area contributed by atoms with Crippen LogP contribution in [0.25, 0.3) is 22.3 Å². The van der Waals surface area contributed by atoms with Crippen LogP contribution in [0.2, 0.25) is 0 Å². The number of amides is 2. The number of carbonyl (C=O) groups excluding carboxylic acids is 4. The van der Waals surface area contributed by atoms with Crippen molar-refractivity contribution in [2.45, 2.75) is 103 Å². The summed E-state index contributed by atoms with van der Waals surface area (Å²) >= 11 is 0.